The largest absolute Gasteiger partial charge is 0.399 e. The first-order chi connectivity index (χ1) is 7.99. The van der Waals surface area contributed by atoms with Crippen LogP contribution in [0.1, 0.15) is 16.7 Å². The Hall–Kier alpha value is -1.96. The van der Waals surface area contributed by atoms with E-state index in [4.69, 9.17) is 11.5 Å². The minimum Gasteiger partial charge on any atom is -0.399 e. The number of anilines is 2. The van der Waals surface area contributed by atoms with Crippen LogP contribution in [0.2, 0.25) is 0 Å². The Morgan fingerprint density at radius 2 is 1.24 bits per heavy atom. The van der Waals surface area contributed by atoms with Crippen molar-refractivity contribution in [3.63, 3.8) is 0 Å². The second-order valence-electron chi connectivity index (χ2n) is 4.27. The predicted molar refractivity (Wildman–Crippen MR) is 75.9 cm³/mol. The molecule has 0 amide bonds. The van der Waals surface area contributed by atoms with Crippen molar-refractivity contribution in [3.05, 3.63) is 59.2 Å². The van der Waals surface area contributed by atoms with E-state index in [0.29, 0.717) is 0 Å². The molecule has 17 heavy (non-hydrogen) atoms. The fraction of sp³-hybridized carbons (Fsp3) is 0.200. The fourth-order valence-corrected chi connectivity index (χ4v) is 1.39. The summed E-state index contributed by atoms with van der Waals surface area (Å²) in [5.41, 5.74) is 16.4. The van der Waals surface area contributed by atoms with Crippen molar-refractivity contribution in [2.75, 3.05) is 11.5 Å². The van der Waals surface area contributed by atoms with Crippen LogP contribution in [0.25, 0.3) is 0 Å². The minimum atomic E-state index is 0.829. The normalized spacial score (nSPS) is 9.35. The molecule has 0 unspecified atom stereocenters. The lowest BCUT2D eigenvalue weighted by atomic mass is 10.1. The van der Waals surface area contributed by atoms with E-state index in [-0.39, 0.29) is 0 Å². The minimum absolute atomic E-state index is 0.829. The summed E-state index contributed by atoms with van der Waals surface area (Å²) >= 11 is 0. The van der Waals surface area contributed by atoms with Crippen LogP contribution in [0.5, 0.6) is 0 Å². The first-order valence-electron chi connectivity index (χ1n) is 5.64. The van der Waals surface area contributed by atoms with Crippen molar-refractivity contribution >= 4 is 11.4 Å². The summed E-state index contributed by atoms with van der Waals surface area (Å²) in [6.45, 7) is 6.12. The van der Waals surface area contributed by atoms with Crippen LogP contribution in [0.3, 0.4) is 0 Å². The highest BCUT2D eigenvalue weighted by atomic mass is 14.5. The Labute approximate surface area is 103 Å². The first-order valence-corrected chi connectivity index (χ1v) is 5.64. The number of hydrogen-bond acceptors (Lipinski definition) is 2. The molecule has 0 aliphatic rings. The Kier molecular flexibility index (Phi) is 4.58. The quantitative estimate of drug-likeness (QED) is 0.678. The number of rotatable bonds is 0. The average Bonchev–Trinajstić information content (AvgIpc) is 2.29. The molecule has 0 bridgehead atoms. The molecule has 4 N–H and O–H groups in total. The van der Waals surface area contributed by atoms with Crippen LogP contribution in [0.4, 0.5) is 11.4 Å². The fourth-order valence-electron chi connectivity index (χ4n) is 1.39. The average molecular weight is 228 g/mol. The first kappa shape index (κ1) is 13.1. The lowest BCUT2D eigenvalue weighted by Gasteiger charge is -1.98. The third-order valence-corrected chi connectivity index (χ3v) is 2.50. The van der Waals surface area contributed by atoms with Gasteiger partial charge in [-0.25, -0.2) is 0 Å². The Morgan fingerprint density at radius 1 is 0.706 bits per heavy atom. The zero-order chi connectivity index (χ0) is 12.8. The van der Waals surface area contributed by atoms with Gasteiger partial charge in [-0.3, -0.25) is 0 Å². The van der Waals surface area contributed by atoms with Crippen molar-refractivity contribution in [3.8, 4) is 0 Å². The van der Waals surface area contributed by atoms with E-state index in [1.165, 1.54) is 11.1 Å². The number of hydrogen-bond donors (Lipinski definition) is 2. The molecule has 0 saturated heterocycles. The van der Waals surface area contributed by atoms with E-state index in [1.54, 1.807) is 0 Å². The lowest BCUT2D eigenvalue weighted by molar-refractivity contribution is 1.39. The molecule has 90 valence electrons. The second-order valence-corrected chi connectivity index (χ2v) is 4.27. The molecular formula is C15H20N2. The van der Waals surface area contributed by atoms with Gasteiger partial charge in [0.25, 0.3) is 0 Å². The Morgan fingerprint density at radius 3 is 1.65 bits per heavy atom. The summed E-state index contributed by atoms with van der Waals surface area (Å²) < 4.78 is 0. The van der Waals surface area contributed by atoms with Crippen LogP contribution in [-0.4, -0.2) is 0 Å². The van der Waals surface area contributed by atoms with E-state index in [0.717, 1.165) is 16.9 Å². The third kappa shape index (κ3) is 4.60. The zero-order valence-electron chi connectivity index (χ0n) is 10.7. The van der Waals surface area contributed by atoms with Crippen molar-refractivity contribution in [1.82, 2.24) is 0 Å². The van der Waals surface area contributed by atoms with Gasteiger partial charge in [-0.05, 0) is 44.5 Å². The summed E-state index contributed by atoms with van der Waals surface area (Å²) in [6, 6.07) is 13.8. The van der Waals surface area contributed by atoms with E-state index < -0.39 is 0 Å². The van der Waals surface area contributed by atoms with E-state index in [2.05, 4.69) is 13.0 Å². The highest BCUT2D eigenvalue weighted by Gasteiger charge is 1.89. The SMILES string of the molecule is Cc1ccc(N)c(C)c1.Cc1ccc(N)cc1. The van der Waals surface area contributed by atoms with Crippen molar-refractivity contribution in [2.24, 2.45) is 0 Å². The van der Waals surface area contributed by atoms with Gasteiger partial charge in [-0.1, -0.05) is 35.4 Å². The number of nitrogens with two attached hydrogens (primary N) is 2. The molecule has 0 radical (unpaired) electrons. The summed E-state index contributed by atoms with van der Waals surface area (Å²) in [4.78, 5) is 0. The number of aryl methyl sites for hydroxylation is 3. The molecule has 0 atom stereocenters. The van der Waals surface area contributed by atoms with Crippen LogP contribution < -0.4 is 11.5 Å². The van der Waals surface area contributed by atoms with Gasteiger partial charge in [0.1, 0.15) is 0 Å². The van der Waals surface area contributed by atoms with Crippen LogP contribution in [-0.2, 0) is 0 Å². The molecule has 0 spiro atoms. The molecule has 2 aromatic carbocycles. The Bertz CT molecular complexity index is 452. The van der Waals surface area contributed by atoms with E-state index in [9.17, 15) is 0 Å². The van der Waals surface area contributed by atoms with Gasteiger partial charge in [-0.15, -0.1) is 0 Å². The topological polar surface area (TPSA) is 52.0 Å². The summed E-state index contributed by atoms with van der Waals surface area (Å²) in [5, 5.41) is 0. The van der Waals surface area contributed by atoms with E-state index in [1.807, 2.05) is 50.2 Å². The van der Waals surface area contributed by atoms with Gasteiger partial charge in [-0.2, -0.15) is 0 Å². The highest BCUT2D eigenvalue weighted by molar-refractivity contribution is 5.47. The maximum absolute atomic E-state index is 5.59. The predicted octanol–water partition coefficient (Wildman–Crippen LogP) is 3.46. The van der Waals surface area contributed by atoms with Crippen molar-refractivity contribution in [1.29, 1.82) is 0 Å². The maximum Gasteiger partial charge on any atom is 0.0343 e. The van der Waals surface area contributed by atoms with Crippen LogP contribution in [0.15, 0.2) is 42.5 Å². The number of nitrogen functional groups attached to an aromatic ring is 2. The van der Waals surface area contributed by atoms with Gasteiger partial charge in [0.2, 0.25) is 0 Å². The molecule has 0 aliphatic heterocycles. The number of benzene rings is 2. The molecule has 0 heterocycles. The molecule has 2 nitrogen and oxygen atoms in total. The molecule has 0 aliphatic carbocycles. The van der Waals surface area contributed by atoms with Gasteiger partial charge in [0.15, 0.2) is 0 Å². The van der Waals surface area contributed by atoms with Gasteiger partial charge >= 0.3 is 0 Å². The molecule has 0 aromatic heterocycles. The smallest absolute Gasteiger partial charge is 0.0343 e. The third-order valence-electron chi connectivity index (χ3n) is 2.50. The molecule has 2 rings (SSSR count). The summed E-state index contributed by atoms with van der Waals surface area (Å²) in [5.74, 6) is 0. The molecule has 2 aromatic rings. The molecule has 0 fully saturated rings. The molecular weight excluding hydrogens is 208 g/mol. The van der Waals surface area contributed by atoms with Crippen molar-refractivity contribution in [2.45, 2.75) is 20.8 Å². The van der Waals surface area contributed by atoms with Crippen LogP contribution in [0, 0.1) is 20.8 Å². The summed E-state index contributed by atoms with van der Waals surface area (Å²) in [7, 11) is 0. The van der Waals surface area contributed by atoms with Gasteiger partial charge in [0.05, 0.1) is 0 Å². The lowest BCUT2D eigenvalue weighted by Crippen LogP contribution is -1.88. The second kappa shape index (κ2) is 5.94. The summed E-state index contributed by atoms with van der Waals surface area (Å²) in [6.07, 6.45) is 0. The van der Waals surface area contributed by atoms with Gasteiger partial charge in [0, 0.05) is 11.4 Å². The Balaban J connectivity index is 0.000000171. The van der Waals surface area contributed by atoms with Crippen molar-refractivity contribution < 1.29 is 0 Å². The molecule has 2 heteroatoms. The van der Waals surface area contributed by atoms with Crippen LogP contribution >= 0.6 is 0 Å². The standard InChI is InChI=1S/C8H11N.C7H9N/c1-6-3-4-8(9)7(2)5-6;1-6-2-4-7(8)5-3-6/h3-5H,9H2,1-2H3;2-5H,8H2,1H3. The monoisotopic (exact) mass is 228 g/mol. The van der Waals surface area contributed by atoms with E-state index >= 15 is 0 Å². The zero-order valence-corrected chi connectivity index (χ0v) is 10.7. The maximum atomic E-state index is 5.59. The highest BCUT2D eigenvalue weighted by Crippen LogP contribution is 2.10. The van der Waals surface area contributed by atoms with Gasteiger partial charge < -0.3 is 11.5 Å². The molecule has 0 saturated carbocycles.